The number of benzene rings is 1. The Bertz CT molecular complexity index is 523. The molecule has 0 fully saturated rings. The third-order valence-electron chi connectivity index (χ3n) is 3.07. The molecule has 0 saturated carbocycles. The highest BCUT2D eigenvalue weighted by atomic mass is 79.9. The zero-order valence-corrected chi connectivity index (χ0v) is 14.4. The van der Waals surface area contributed by atoms with E-state index >= 15 is 0 Å². The van der Waals surface area contributed by atoms with Gasteiger partial charge in [0, 0.05) is 29.5 Å². The van der Waals surface area contributed by atoms with E-state index in [2.05, 4.69) is 33.4 Å². The Kier molecular flexibility index (Phi) is 5.27. The predicted molar refractivity (Wildman–Crippen MR) is 85.5 cm³/mol. The number of carbonyl (C=O) groups excluding carboxylic acids is 1. The van der Waals surface area contributed by atoms with Crippen LogP contribution in [0.2, 0.25) is 0 Å². The molecule has 1 N–H and O–H groups in total. The highest BCUT2D eigenvalue weighted by Crippen LogP contribution is 2.32. The molecule has 1 aliphatic rings. The van der Waals surface area contributed by atoms with E-state index in [4.69, 9.17) is 9.47 Å². The largest absolute Gasteiger partial charge is 0.493 e. The maximum Gasteiger partial charge on any atom is 0.307 e. The lowest BCUT2D eigenvalue weighted by Gasteiger charge is -2.19. The molecule has 0 amide bonds. The fourth-order valence-electron chi connectivity index (χ4n) is 2.28. The van der Waals surface area contributed by atoms with Crippen LogP contribution in [0.4, 0.5) is 0 Å². The summed E-state index contributed by atoms with van der Waals surface area (Å²) in [6, 6.07) is 4.16. The molecule has 0 saturated heterocycles. The van der Waals surface area contributed by atoms with E-state index in [1.807, 2.05) is 20.8 Å². The molecule has 0 aliphatic carbocycles. The lowest BCUT2D eigenvalue weighted by Crippen LogP contribution is -2.26. The first-order valence-corrected chi connectivity index (χ1v) is 8.01. The van der Waals surface area contributed by atoms with Gasteiger partial charge in [0.25, 0.3) is 0 Å². The summed E-state index contributed by atoms with van der Waals surface area (Å²) in [5, 5.41) is 3.27. The van der Waals surface area contributed by atoms with Crippen molar-refractivity contribution in [2.24, 2.45) is 0 Å². The predicted octanol–water partition coefficient (Wildman–Crippen LogP) is 3.21. The van der Waals surface area contributed by atoms with Crippen LogP contribution in [0.1, 0.15) is 38.3 Å². The fourth-order valence-corrected chi connectivity index (χ4v) is 2.84. The summed E-state index contributed by atoms with van der Waals surface area (Å²) >= 11 is 3.52. The van der Waals surface area contributed by atoms with Crippen molar-refractivity contribution in [3.63, 3.8) is 0 Å². The number of carbonyl (C=O) groups is 1. The summed E-state index contributed by atoms with van der Waals surface area (Å²) in [6.07, 6.45) is 1.33. The number of nitrogens with one attached hydrogen (secondary N) is 1. The van der Waals surface area contributed by atoms with Gasteiger partial charge in [0.2, 0.25) is 0 Å². The first kappa shape index (κ1) is 16.3. The molecule has 5 heteroatoms. The van der Waals surface area contributed by atoms with Crippen molar-refractivity contribution in [3.05, 3.63) is 27.7 Å². The monoisotopic (exact) mass is 355 g/mol. The third-order valence-corrected chi connectivity index (χ3v) is 3.52. The Morgan fingerprint density at radius 1 is 1.43 bits per heavy atom. The van der Waals surface area contributed by atoms with Crippen molar-refractivity contribution in [1.82, 2.24) is 5.32 Å². The lowest BCUT2D eigenvalue weighted by molar-refractivity contribution is -0.154. The second-order valence-electron chi connectivity index (χ2n) is 6.16. The Morgan fingerprint density at radius 3 is 2.90 bits per heavy atom. The quantitative estimate of drug-likeness (QED) is 0.650. The van der Waals surface area contributed by atoms with Crippen molar-refractivity contribution >= 4 is 21.9 Å². The summed E-state index contributed by atoms with van der Waals surface area (Å²) in [4.78, 5) is 11.6. The molecule has 1 heterocycles. The van der Waals surface area contributed by atoms with E-state index in [1.165, 1.54) is 5.56 Å². The van der Waals surface area contributed by atoms with Gasteiger partial charge in [-0.05, 0) is 38.5 Å². The summed E-state index contributed by atoms with van der Waals surface area (Å²) in [6.45, 7) is 7.65. The summed E-state index contributed by atoms with van der Waals surface area (Å²) < 4.78 is 12.0. The Hall–Kier alpha value is -1.07. The van der Waals surface area contributed by atoms with E-state index in [0.717, 1.165) is 28.8 Å². The second-order valence-corrected chi connectivity index (χ2v) is 7.08. The first-order valence-electron chi connectivity index (χ1n) is 7.22. The van der Waals surface area contributed by atoms with Crippen LogP contribution < -0.4 is 10.1 Å². The minimum atomic E-state index is -0.421. The molecule has 1 aromatic rings. The number of hydrogen-bond acceptors (Lipinski definition) is 4. The van der Waals surface area contributed by atoms with E-state index < -0.39 is 5.60 Å². The lowest BCUT2D eigenvalue weighted by atomic mass is 10.1. The van der Waals surface area contributed by atoms with Crippen molar-refractivity contribution < 1.29 is 14.3 Å². The van der Waals surface area contributed by atoms with Crippen LogP contribution >= 0.6 is 15.9 Å². The topological polar surface area (TPSA) is 47.6 Å². The highest BCUT2D eigenvalue weighted by molar-refractivity contribution is 9.10. The van der Waals surface area contributed by atoms with Crippen molar-refractivity contribution in [2.45, 2.75) is 45.8 Å². The Morgan fingerprint density at radius 2 is 2.19 bits per heavy atom. The molecule has 0 atom stereocenters. The Labute approximate surface area is 134 Å². The number of hydrogen-bond donors (Lipinski definition) is 1. The van der Waals surface area contributed by atoms with Crippen LogP contribution in [-0.2, 0) is 22.5 Å². The molecule has 0 spiro atoms. The van der Waals surface area contributed by atoms with Crippen LogP contribution in [0.25, 0.3) is 0 Å². The molecule has 4 nitrogen and oxygen atoms in total. The first-order chi connectivity index (χ1) is 9.85. The zero-order valence-electron chi connectivity index (χ0n) is 12.8. The van der Waals surface area contributed by atoms with Gasteiger partial charge < -0.3 is 14.8 Å². The minimum absolute atomic E-state index is 0.175. The summed E-state index contributed by atoms with van der Waals surface area (Å²) in [7, 11) is 0. The number of rotatable bonds is 5. The fraction of sp³-hybridized carbons (Fsp3) is 0.562. The summed E-state index contributed by atoms with van der Waals surface area (Å²) in [5.41, 5.74) is 1.95. The summed E-state index contributed by atoms with van der Waals surface area (Å²) in [5.74, 6) is 0.814. The standard InChI is InChI=1S/C16H22BrNO3/c1-16(2,3)21-14(19)4-6-18-10-12-9-13(17)8-11-5-7-20-15(11)12/h8-9,18H,4-7,10H2,1-3H3. The van der Waals surface area contributed by atoms with E-state index in [0.29, 0.717) is 19.5 Å². The molecule has 21 heavy (non-hydrogen) atoms. The maximum atomic E-state index is 11.6. The van der Waals surface area contributed by atoms with Gasteiger partial charge >= 0.3 is 5.97 Å². The minimum Gasteiger partial charge on any atom is -0.493 e. The average Bonchev–Trinajstić information content (AvgIpc) is 2.80. The van der Waals surface area contributed by atoms with E-state index in [9.17, 15) is 4.79 Å². The number of ether oxygens (including phenoxy) is 2. The zero-order chi connectivity index (χ0) is 15.5. The van der Waals surface area contributed by atoms with Gasteiger partial charge in [0.15, 0.2) is 0 Å². The molecule has 1 aliphatic heterocycles. The molecule has 1 aromatic carbocycles. The van der Waals surface area contributed by atoms with Gasteiger partial charge in [-0.1, -0.05) is 15.9 Å². The normalized spacial score (nSPS) is 13.7. The number of halogens is 1. The van der Waals surface area contributed by atoms with Crippen LogP contribution in [0.5, 0.6) is 5.75 Å². The van der Waals surface area contributed by atoms with Gasteiger partial charge in [-0.25, -0.2) is 0 Å². The smallest absolute Gasteiger partial charge is 0.307 e. The van der Waals surface area contributed by atoms with Crippen molar-refractivity contribution in [3.8, 4) is 5.75 Å². The Balaban J connectivity index is 1.81. The van der Waals surface area contributed by atoms with Crippen LogP contribution in [-0.4, -0.2) is 24.7 Å². The molecule has 0 radical (unpaired) electrons. The molecule has 2 rings (SSSR count). The van der Waals surface area contributed by atoms with Gasteiger partial charge in [-0.3, -0.25) is 4.79 Å². The van der Waals surface area contributed by atoms with Gasteiger partial charge in [0.05, 0.1) is 13.0 Å². The number of fused-ring (bicyclic) bond motifs is 1. The third kappa shape index (κ3) is 5.00. The second kappa shape index (κ2) is 6.79. The van der Waals surface area contributed by atoms with Gasteiger partial charge in [-0.15, -0.1) is 0 Å². The number of esters is 1. The van der Waals surface area contributed by atoms with Gasteiger partial charge in [-0.2, -0.15) is 0 Å². The molecule has 116 valence electrons. The van der Waals surface area contributed by atoms with E-state index in [1.54, 1.807) is 0 Å². The SMILES string of the molecule is CC(C)(C)OC(=O)CCNCc1cc(Br)cc2c1OCC2. The highest BCUT2D eigenvalue weighted by Gasteiger charge is 2.18. The molecule has 0 aromatic heterocycles. The average molecular weight is 356 g/mol. The van der Waals surface area contributed by atoms with E-state index in [-0.39, 0.29) is 5.97 Å². The van der Waals surface area contributed by atoms with Crippen LogP contribution in [0, 0.1) is 0 Å². The molecule has 0 bridgehead atoms. The van der Waals surface area contributed by atoms with Crippen molar-refractivity contribution in [1.29, 1.82) is 0 Å². The van der Waals surface area contributed by atoms with Crippen LogP contribution in [0.15, 0.2) is 16.6 Å². The maximum absolute atomic E-state index is 11.6. The molecular formula is C16H22BrNO3. The van der Waals surface area contributed by atoms with Crippen LogP contribution in [0.3, 0.4) is 0 Å². The van der Waals surface area contributed by atoms with Crippen molar-refractivity contribution in [2.75, 3.05) is 13.2 Å². The molecular weight excluding hydrogens is 334 g/mol. The molecule has 0 unspecified atom stereocenters. The van der Waals surface area contributed by atoms with Gasteiger partial charge in [0.1, 0.15) is 11.4 Å².